The number of halogens is 3. The van der Waals surface area contributed by atoms with E-state index in [9.17, 15) is 22.8 Å². The molecule has 2 aromatic rings. The Balaban J connectivity index is 1.78. The number of methoxy groups -OCH3 is 1. The molecule has 1 aromatic heterocycles. The minimum Gasteiger partial charge on any atom is -0.496 e. The average molecular weight is 410 g/mol. The van der Waals surface area contributed by atoms with E-state index < -0.39 is 12.3 Å². The number of fused-ring (bicyclic) bond motifs is 1. The molecule has 0 aliphatic carbocycles. The van der Waals surface area contributed by atoms with E-state index >= 15 is 0 Å². The van der Waals surface area contributed by atoms with Crippen molar-refractivity contribution in [1.29, 1.82) is 0 Å². The molecule has 0 saturated carbocycles. The first kappa shape index (κ1) is 20.8. The summed E-state index contributed by atoms with van der Waals surface area (Å²) in [6, 6.07) is 6.56. The lowest BCUT2D eigenvalue weighted by Gasteiger charge is -2.17. The third kappa shape index (κ3) is 5.10. The molecule has 0 bridgehead atoms. The van der Waals surface area contributed by atoms with Crippen molar-refractivity contribution in [3.8, 4) is 11.5 Å². The zero-order valence-corrected chi connectivity index (χ0v) is 15.8. The van der Waals surface area contributed by atoms with E-state index in [2.05, 4.69) is 10.1 Å². The van der Waals surface area contributed by atoms with Gasteiger partial charge in [-0.2, -0.15) is 0 Å². The number of benzene rings is 1. The fourth-order valence-electron chi connectivity index (χ4n) is 3.40. The second-order valence-corrected chi connectivity index (χ2v) is 6.71. The molecule has 0 atom stereocenters. The molecule has 6 nitrogen and oxygen atoms in total. The maximum atomic E-state index is 12.9. The van der Waals surface area contributed by atoms with Crippen molar-refractivity contribution in [1.82, 2.24) is 9.88 Å². The summed E-state index contributed by atoms with van der Waals surface area (Å²) in [6.07, 6.45) is -1.45. The van der Waals surface area contributed by atoms with Gasteiger partial charge in [0.05, 0.1) is 7.11 Å². The number of nitrogens with one attached hydrogen (secondary N) is 1. The van der Waals surface area contributed by atoms with Crippen LogP contribution in [0.3, 0.4) is 0 Å². The Bertz CT molecular complexity index is 936. The van der Waals surface area contributed by atoms with Crippen molar-refractivity contribution >= 4 is 5.91 Å². The van der Waals surface area contributed by atoms with Crippen LogP contribution in [0, 0.1) is 0 Å². The molecule has 0 saturated heterocycles. The first-order valence-electron chi connectivity index (χ1n) is 9.22. The van der Waals surface area contributed by atoms with Crippen molar-refractivity contribution in [3.05, 3.63) is 57.5 Å². The zero-order chi connectivity index (χ0) is 21.0. The SMILES string of the molecule is COc1cc(=O)n2c(c1C(=O)NCc1ccc(OC(F)(F)F)cc1)CCCCC2. The maximum absolute atomic E-state index is 12.9. The van der Waals surface area contributed by atoms with Crippen LogP contribution < -0.4 is 20.3 Å². The van der Waals surface area contributed by atoms with E-state index in [1.54, 1.807) is 4.57 Å². The number of nitrogens with zero attached hydrogens (tertiary/aromatic N) is 1. The summed E-state index contributed by atoms with van der Waals surface area (Å²) in [7, 11) is 1.40. The van der Waals surface area contributed by atoms with Crippen LogP contribution in [0.2, 0.25) is 0 Å². The molecular weight excluding hydrogens is 389 g/mol. The molecule has 0 fully saturated rings. The highest BCUT2D eigenvalue weighted by Gasteiger charge is 2.31. The molecule has 29 heavy (non-hydrogen) atoms. The largest absolute Gasteiger partial charge is 0.573 e. The van der Waals surface area contributed by atoms with Gasteiger partial charge in [0, 0.05) is 24.8 Å². The van der Waals surface area contributed by atoms with Crippen LogP contribution in [0.4, 0.5) is 13.2 Å². The zero-order valence-electron chi connectivity index (χ0n) is 15.8. The Morgan fingerprint density at radius 3 is 2.55 bits per heavy atom. The molecule has 3 rings (SSSR count). The number of alkyl halides is 3. The van der Waals surface area contributed by atoms with Crippen LogP contribution in [0.5, 0.6) is 11.5 Å². The summed E-state index contributed by atoms with van der Waals surface area (Å²) in [6.45, 7) is 0.659. The van der Waals surface area contributed by atoms with Crippen LogP contribution in [-0.2, 0) is 19.5 Å². The predicted molar refractivity (Wildman–Crippen MR) is 99.1 cm³/mol. The number of rotatable bonds is 5. The Kier molecular flexibility index (Phi) is 6.14. The molecule has 0 radical (unpaired) electrons. The van der Waals surface area contributed by atoms with E-state index in [1.807, 2.05) is 0 Å². The van der Waals surface area contributed by atoms with Crippen LogP contribution in [0.25, 0.3) is 0 Å². The Hall–Kier alpha value is -2.97. The molecule has 0 unspecified atom stereocenters. The first-order chi connectivity index (χ1) is 13.8. The molecule has 156 valence electrons. The Morgan fingerprint density at radius 2 is 1.90 bits per heavy atom. The fraction of sp³-hybridized carbons (Fsp3) is 0.400. The van der Waals surface area contributed by atoms with Gasteiger partial charge in [-0.3, -0.25) is 9.59 Å². The number of hydrogen-bond acceptors (Lipinski definition) is 4. The van der Waals surface area contributed by atoms with E-state index in [-0.39, 0.29) is 23.6 Å². The number of hydrogen-bond donors (Lipinski definition) is 1. The third-order valence-electron chi connectivity index (χ3n) is 4.73. The molecule has 1 amide bonds. The summed E-state index contributed by atoms with van der Waals surface area (Å²) >= 11 is 0. The van der Waals surface area contributed by atoms with Gasteiger partial charge in [-0.15, -0.1) is 13.2 Å². The molecule has 1 aromatic carbocycles. The Labute approximate surface area is 165 Å². The predicted octanol–water partition coefficient (Wildman–Crippen LogP) is 3.41. The molecular formula is C20H21F3N2O4. The second-order valence-electron chi connectivity index (χ2n) is 6.71. The van der Waals surface area contributed by atoms with Gasteiger partial charge in [-0.25, -0.2) is 0 Å². The Morgan fingerprint density at radius 1 is 1.17 bits per heavy atom. The molecule has 9 heteroatoms. The number of ether oxygens (including phenoxy) is 2. The highest BCUT2D eigenvalue weighted by Crippen LogP contribution is 2.25. The van der Waals surface area contributed by atoms with Crippen molar-refractivity contribution < 1.29 is 27.4 Å². The van der Waals surface area contributed by atoms with Gasteiger partial charge < -0.3 is 19.4 Å². The standard InChI is InChI=1S/C20H21F3N2O4/c1-28-16-11-17(26)25-10-4-2-3-5-15(25)18(16)19(27)24-12-13-6-8-14(9-7-13)29-20(21,22)23/h6-9,11H,2-5,10,12H2,1H3,(H,24,27). The average Bonchev–Trinajstić information content (AvgIpc) is 2.92. The lowest BCUT2D eigenvalue weighted by Crippen LogP contribution is -2.30. The number of amides is 1. The number of carbonyl (C=O) groups is 1. The van der Waals surface area contributed by atoms with Gasteiger partial charge in [0.25, 0.3) is 11.5 Å². The van der Waals surface area contributed by atoms with Crippen LogP contribution >= 0.6 is 0 Å². The smallest absolute Gasteiger partial charge is 0.496 e. The summed E-state index contributed by atoms with van der Waals surface area (Å²) in [4.78, 5) is 25.2. The summed E-state index contributed by atoms with van der Waals surface area (Å²) in [5.74, 6) is -0.514. The highest BCUT2D eigenvalue weighted by atomic mass is 19.4. The first-order valence-corrected chi connectivity index (χ1v) is 9.22. The quantitative estimate of drug-likeness (QED) is 0.820. The van der Waals surface area contributed by atoms with Gasteiger partial charge in [0.2, 0.25) is 0 Å². The lowest BCUT2D eigenvalue weighted by atomic mass is 10.1. The molecule has 1 N–H and O–H groups in total. The normalized spacial score (nSPS) is 13.9. The molecule has 0 spiro atoms. The van der Waals surface area contributed by atoms with Crippen LogP contribution in [0.15, 0.2) is 35.1 Å². The fourth-order valence-corrected chi connectivity index (χ4v) is 3.40. The van der Waals surface area contributed by atoms with Crippen LogP contribution in [0.1, 0.15) is 40.9 Å². The van der Waals surface area contributed by atoms with Crippen molar-refractivity contribution in [2.45, 2.75) is 45.1 Å². The van der Waals surface area contributed by atoms with Crippen molar-refractivity contribution in [2.75, 3.05) is 7.11 Å². The van der Waals surface area contributed by atoms with Gasteiger partial charge >= 0.3 is 6.36 Å². The van der Waals surface area contributed by atoms with Gasteiger partial charge in [0.1, 0.15) is 17.1 Å². The second kappa shape index (κ2) is 8.59. The third-order valence-corrected chi connectivity index (χ3v) is 4.73. The summed E-state index contributed by atoms with van der Waals surface area (Å²) in [5.41, 5.74) is 1.38. The lowest BCUT2D eigenvalue weighted by molar-refractivity contribution is -0.274. The van der Waals surface area contributed by atoms with Gasteiger partial charge in [-0.1, -0.05) is 18.6 Å². The van der Waals surface area contributed by atoms with Crippen molar-refractivity contribution in [2.24, 2.45) is 0 Å². The van der Waals surface area contributed by atoms with E-state index in [1.165, 1.54) is 37.4 Å². The van der Waals surface area contributed by atoms with Gasteiger partial charge in [-0.05, 0) is 37.0 Å². The van der Waals surface area contributed by atoms with E-state index in [0.717, 1.165) is 19.3 Å². The maximum Gasteiger partial charge on any atom is 0.573 e. The highest BCUT2D eigenvalue weighted by molar-refractivity contribution is 5.98. The van der Waals surface area contributed by atoms with E-state index in [4.69, 9.17) is 4.74 Å². The monoisotopic (exact) mass is 410 g/mol. The topological polar surface area (TPSA) is 69.6 Å². The number of aromatic nitrogens is 1. The summed E-state index contributed by atoms with van der Waals surface area (Å²) in [5, 5.41) is 2.75. The van der Waals surface area contributed by atoms with E-state index in [0.29, 0.717) is 29.8 Å². The summed E-state index contributed by atoms with van der Waals surface area (Å²) < 4.78 is 47.4. The van der Waals surface area contributed by atoms with Crippen LogP contribution in [-0.4, -0.2) is 23.9 Å². The van der Waals surface area contributed by atoms with Crippen molar-refractivity contribution in [3.63, 3.8) is 0 Å². The minimum absolute atomic E-state index is 0.104. The number of pyridine rings is 1. The molecule has 1 aliphatic heterocycles. The van der Waals surface area contributed by atoms with Gasteiger partial charge in [0.15, 0.2) is 0 Å². The minimum atomic E-state index is -4.75. The molecule has 1 aliphatic rings. The molecule has 2 heterocycles. The number of carbonyl (C=O) groups excluding carboxylic acids is 1.